The van der Waals surface area contributed by atoms with E-state index in [0.717, 1.165) is 18.4 Å². The SMILES string of the molecule is CC(C)(N)C1(c2ccccc2OC(F)F)CC1. The van der Waals surface area contributed by atoms with Gasteiger partial charge >= 0.3 is 6.61 Å². The van der Waals surface area contributed by atoms with E-state index >= 15 is 0 Å². The van der Waals surface area contributed by atoms with Crippen LogP contribution in [0.15, 0.2) is 24.3 Å². The molecule has 0 radical (unpaired) electrons. The second kappa shape index (κ2) is 3.95. The molecule has 1 fully saturated rings. The number of rotatable bonds is 4. The van der Waals surface area contributed by atoms with Crippen LogP contribution in [-0.2, 0) is 5.41 Å². The molecule has 2 nitrogen and oxygen atoms in total. The van der Waals surface area contributed by atoms with Crippen molar-refractivity contribution in [2.24, 2.45) is 5.73 Å². The summed E-state index contributed by atoms with van der Waals surface area (Å²) in [6.45, 7) is 1.06. The largest absolute Gasteiger partial charge is 0.435 e. The average molecular weight is 241 g/mol. The third kappa shape index (κ3) is 2.14. The summed E-state index contributed by atoms with van der Waals surface area (Å²) in [5.74, 6) is 0.249. The molecule has 1 saturated carbocycles. The van der Waals surface area contributed by atoms with Gasteiger partial charge in [-0.05, 0) is 32.8 Å². The molecule has 0 unspecified atom stereocenters. The molecule has 2 N–H and O–H groups in total. The molecule has 0 spiro atoms. The Balaban J connectivity index is 2.39. The van der Waals surface area contributed by atoms with Gasteiger partial charge in [0.05, 0.1) is 0 Å². The molecule has 0 heterocycles. The topological polar surface area (TPSA) is 35.2 Å². The maximum absolute atomic E-state index is 12.4. The Kier molecular flexibility index (Phi) is 2.86. The first-order chi connectivity index (χ1) is 7.87. The number of nitrogens with two attached hydrogens (primary N) is 1. The fourth-order valence-corrected chi connectivity index (χ4v) is 2.45. The second-order valence-electron chi connectivity index (χ2n) is 5.18. The molecule has 0 bridgehead atoms. The second-order valence-corrected chi connectivity index (χ2v) is 5.18. The van der Waals surface area contributed by atoms with Crippen LogP contribution in [0.1, 0.15) is 32.3 Å². The summed E-state index contributed by atoms with van der Waals surface area (Å²) in [5, 5.41) is 0. The summed E-state index contributed by atoms with van der Waals surface area (Å²) in [6.07, 6.45) is 1.83. The third-order valence-corrected chi connectivity index (χ3v) is 3.60. The summed E-state index contributed by atoms with van der Waals surface area (Å²) < 4.78 is 29.3. The lowest BCUT2D eigenvalue weighted by Gasteiger charge is -2.32. The van der Waals surface area contributed by atoms with Gasteiger partial charge in [-0.1, -0.05) is 18.2 Å². The van der Waals surface area contributed by atoms with E-state index in [1.165, 1.54) is 0 Å². The zero-order valence-corrected chi connectivity index (χ0v) is 10.0. The summed E-state index contributed by atoms with van der Waals surface area (Å²) in [5.41, 5.74) is 6.30. The van der Waals surface area contributed by atoms with Crippen LogP contribution in [0.2, 0.25) is 0 Å². The Labute approximate surface area is 99.8 Å². The van der Waals surface area contributed by atoms with E-state index in [1.54, 1.807) is 12.1 Å². The number of hydrogen-bond donors (Lipinski definition) is 1. The Morgan fingerprint density at radius 1 is 1.29 bits per heavy atom. The lowest BCUT2D eigenvalue weighted by atomic mass is 9.79. The molecule has 1 aliphatic rings. The molecule has 2 rings (SSSR count). The van der Waals surface area contributed by atoms with Crippen LogP contribution in [0.25, 0.3) is 0 Å². The number of alkyl halides is 2. The molecule has 17 heavy (non-hydrogen) atoms. The highest BCUT2D eigenvalue weighted by Crippen LogP contribution is 2.57. The van der Waals surface area contributed by atoms with Gasteiger partial charge in [0, 0.05) is 16.5 Å². The van der Waals surface area contributed by atoms with Crippen molar-refractivity contribution in [1.82, 2.24) is 0 Å². The van der Waals surface area contributed by atoms with Crippen LogP contribution in [0.3, 0.4) is 0 Å². The molecule has 0 amide bonds. The molecular weight excluding hydrogens is 224 g/mol. The van der Waals surface area contributed by atoms with Crippen molar-refractivity contribution in [3.63, 3.8) is 0 Å². The van der Waals surface area contributed by atoms with Gasteiger partial charge in [-0.2, -0.15) is 8.78 Å². The first-order valence-electron chi connectivity index (χ1n) is 5.70. The number of para-hydroxylation sites is 1. The van der Waals surface area contributed by atoms with Crippen LogP contribution in [0, 0.1) is 0 Å². The quantitative estimate of drug-likeness (QED) is 0.879. The van der Waals surface area contributed by atoms with Gasteiger partial charge in [0.2, 0.25) is 0 Å². The minimum absolute atomic E-state index is 0.224. The lowest BCUT2D eigenvalue weighted by molar-refractivity contribution is -0.0509. The van der Waals surface area contributed by atoms with Crippen LogP contribution in [-0.4, -0.2) is 12.2 Å². The highest BCUT2D eigenvalue weighted by Gasteiger charge is 2.55. The van der Waals surface area contributed by atoms with E-state index in [2.05, 4.69) is 4.74 Å². The monoisotopic (exact) mass is 241 g/mol. The van der Waals surface area contributed by atoms with Crippen molar-refractivity contribution in [3.05, 3.63) is 29.8 Å². The number of ether oxygens (including phenoxy) is 1. The molecule has 0 saturated heterocycles. The highest BCUT2D eigenvalue weighted by atomic mass is 19.3. The van der Waals surface area contributed by atoms with E-state index in [-0.39, 0.29) is 11.2 Å². The van der Waals surface area contributed by atoms with Crippen molar-refractivity contribution >= 4 is 0 Å². The third-order valence-electron chi connectivity index (χ3n) is 3.60. The minimum atomic E-state index is -2.80. The van der Waals surface area contributed by atoms with Crippen molar-refractivity contribution < 1.29 is 13.5 Å². The van der Waals surface area contributed by atoms with Gasteiger partial charge in [0.1, 0.15) is 5.75 Å². The maximum Gasteiger partial charge on any atom is 0.387 e. The Morgan fingerprint density at radius 3 is 2.35 bits per heavy atom. The Hall–Kier alpha value is -1.16. The molecule has 1 aromatic rings. The van der Waals surface area contributed by atoms with Gasteiger partial charge in [-0.15, -0.1) is 0 Å². The van der Waals surface area contributed by atoms with Crippen molar-refractivity contribution in [1.29, 1.82) is 0 Å². The molecule has 1 aliphatic carbocycles. The predicted molar refractivity (Wildman–Crippen MR) is 62.3 cm³/mol. The van der Waals surface area contributed by atoms with Gasteiger partial charge in [0.15, 0.2) is 0 Å². The van der Waals surface area contributed by atoms with Crippen molar-refractivity contribution in [2.45, 2.75) is 44.3 Å². The predicted octanol–water partition coefficient (Wildman–Crippen LogP) is 3.06. The summed E-state index contributed by atoms with van der Waals surface area (Å²) in [6, 6.07) is 6.94. The fraction of sp³-hybridized carbons (Fsp3) is 0.538. The summed E-state index contributed by atoms with van der Waals surface area (Å²) in [4.78, 5) is 0. The molecule has 0 aromatic heterocycles. The highest BCUT2D eigenvalue weighted by molar-refractivity contribution is 5.46. The summed E-state index contributed by atoms with van der Waals surface area (Å²) >= 11 is 0. The van der Waals surface area contributed by atoms with Crippen LogP contribution >= 0.6 is 0 Å². The average Bonchev–Trinajstić information content (AvgIpc) is 2.97. The van der Waals surface area contributed by atoms with Gasteiger partial charge < -0.3 is 10.5 Å². The minimum Gasteiger partial charge on any atom is -0.435 e. The Bertz CT molecular complexity index is 408. The van der Waals surface area contributed by atoms with E-state index in [0.29, 0.717) is 0 Å². The number of halogens is 2. The number of hydrogen-bond acceptors (Lipinski definition) is 2. The number of benzene rings is 1. The molecule has 0 aliphatic heterocycles. The lowest BCUT2D eigenvalue weighted by Crippen LogP contribution is -2.45. The van der Waals surface area contributed by atoms with Gasteiger partial charge in [-0.25, -0.2) is 0 Å². The molecular formula is C13H17F2NO. The fourth-order valence-electron chi connectivity index (χ4n) is 2.45. The summed E-state index contributed by atoms with van der Waals surface area (Å²) in [7, 11) is 0. The van der Waals surface area contributed by atoms with Crippen LogP contribution in [0.4, 0.5) is 8.78 Å². The van der Waals surface area contributed by atoms with Crippen LogP contribution < -0.4 is 10.5 Å². The zero-order chi connectivity index (χ0) is 12.7. The first-order valence-corrected chi connectivity index (χ1v) is 5.70. The first kappa shape index (κ1) is 12.3. The Morgan fingerprint density at radius 2 is 1.88 bits per heavy atom. The molecule has 94 valence electrons. The van der Waals surface area contributed by atoms with Crippen molar-refractivity contribution in [2.75, 3.05) is 0 Å². The molecule has 1 aromatic carbocycles. The van der Waals surface area contributed by atoms with Gasteiger partial charge in [0.25, 0.3) is 0 Å². The van der Waals surface area contributed by atoms with E-state index in [4.69, 9.17) is 5.73 Å². The smallest absolute Gasteiger partial charge is 0.387 e. The normalized spacial score (nSPS) is 18.2. The van der Waals surface area contributed by atoms with Gasteiger partial charge in [-0.3, -0.25) is 0 Å². The molecule has 0 atom stereocenters. The van der Waals surface area contributed by atoms with E-state index < -0.39 is 12.2 Å². The van der Waals surface area contributed by atoms with E-state index in [9.17, 15) is 8.78 Å². The van der Waals surface area contributed by atoms with Crippen molar-refractivity contribution in [3.8, 4) is 5.75 Å². The maximum atomic E-state index is 12.4. The standard InChI is InChI=1S/C13H17F2NO/c1-12(2,16)13(7-8-13)9-5-3-4-6-10(9)17-11(14)15/h3-6,11H,7-8,16H2,1-2H3. The zero-order valence-electron chi connectivity index (χ0n) is 10.0. The van der Waals surface area contributed by atoms with Crippen LogP contribution in [0.5, 0.6) is 5.75 Å². The molecule has 4 heteroatoms. The van der Waals surface area contributed by atoms with E-state index in [1.807, 2.05) is 26.0 Å².